The third-order valence-electron chi connectivity index (χ3n) is 7.45. The largest absolute Gasteiger partial charge is 0.453 e. The molecule has 4 aliphatic carbocycles. The van der Waals surface area contributed by atoms with E-state index in [9.17, 15) is 0 Å². The fourth-order valence-electron chi connectivity index (χ4n) is 6.18. The first kappa shape index (κ1) is 18.7. The molecule has 0 spiro atoms. The molecule has 4 bridgehead atoms. The molecule has 2 fully saturated rings. The summed E-state index contributed by atoms with van der Waals surface area (Å²) in [5.41, 5.74) is 1.89. The van der Waals surface area contributed by atoms with Crippen LogP contribution in [0, 0.1) is 23.7 Å². The van der Waals surface area contributed by atoms with Crippen molar-refractivity contribution in [3.05, 3.63) is 23.8 Å². The Labute approximate surface area is 162 Å². The highest BCUT2D eigenvalue weighted by molar-refractivity contribution is 7.17. The zero-order valence-electron chi connectivity index (χ0n) is 15.4. The van der Waals surface area contributed by atoms with Crippen LogP contribution in [0.25, 0.3) is 0 Å². The van der Waals surface area contributed by atoms with Crippen LogP contribution in [0.5, 0.6) is 0 Å². The summed E-state index contributed by atoms with van der Waals surface area (Å²) in [6.45, 7) is 2.11. The van der Waals surface area contributed by atoms with E-state index in [1.165, 1.54) is 18.4 Å². The highest BCUT2D eigenvalue weighted by Crippen LogP contribution is 2.74. The van der Waals surface area contributed by atoms with Crippen molar-refractivity contribution in [1.29, 1.82) is 0 Å². The molecule has 4 aliphatic rings. The van der Waals surface area contributed by atoms with Crippen LogP contribution >= 0.6 is 22.2 Å². The molecule has 0 heterocycles. The van der Waals surface area contributed by atoms with E-state index in [4.69, 9.17) is 35.4 Å². The number of allylic oxidation sites excluding steroid dienone is 4. The Hall–Kier alpha value is 0.374. The van der Waals surface area contributed by atoms with Crippen LogP contribution in [0.4, 0.5) is 0 Å². The highest BCUT2D eigenvalue weighted by Gasteiger charge is 2.70. The number of rotatable bonds is 6. The van der Waals surface area contributed by atoms with Gasteiger partial charge < -0.3 is 13.3 Å². The molecule has 0 aromatic carbocycles. The van der Waals surface area contributed by atoms with E-state index >= 15 is 0 Å². The van der Waals surface area contributed by atoms with Crippen LogP contribution in [-0.2, 0) is 13.3 Å². The van der Waals surface area contributed by atoms with Gasteiger partial charge in [-0.2, -0.15) is 0 Å². The molecule has 0 amide bonds. The van der Waals surface area contributed by atoms with Crippen molar-refractivity contribution in [3.8, 4) is 0 Å². The minimum absolute atomic E-state index is 0.169. The van der Waals surface area contributed by atoms with Gasteiger partial charge in [-0.15, -0.1) is 11.1 Å². The summed E-state index contributed by atoms with van der Waals surface area (Å²) in [4.78, 5) is 0. The van der Waals surface area contributed by atoms with E-state index in [1.54, 1.807) is 21.3 Å². The Bertz CT molecular complexity index is 619. The third kappa shape index (κ3) is 2.54. The fourth-order valence-corrected chi connectivity index (χ4v) is 12.4. The molecule has 7 heteroatoms. The number of hydrogen-bond acceptors (Lipinski definition) is 3. The van der Waals surface area contributed by atoms with Gasteiger partial charge >= 0.3 is 7.87 Å². The zero-order chi connectivity index (χ0) is 18.0. The topological polar surface area (TPSA) is 27.7 Å². The van der Waals surface area contributed by atoms with Gasteiger partial charge in [0.05, 0.1) is 5.04 Å². The Morgan fingerprint density at radius 2 is 1.72 bits per heavy atom. The molecule has 0 radical (unpaired) electrons. The van der Waals surface area contributed by atoms with Crippen LogP contribution in [0.2, 0.25) is 17.1 Å². The Morgan fingerprint density at radius 1 is 1.00 bits per heavy atom. The molecule has 2 saturated carbocycles. The molecule has 0 aliphatic heterocycles. The van der Waals surface area contributed by atoms with E-state index in [-0.39, 0.29) is 5.04 Å². The van der Waals surface area contributed by atoms with Gasteiger partial charge in [-0.1, -0.05) is 34.9 Å². The molecule has 4 rings (SSSR count). The second-order valence-corrected chi connectivity index (χ2v) is 18.1. The lowest BCUT2D eigenvalue weighted by molar-refractivity contribution is 0.230. The molecule has 0 aromatic heterocycles. The molecule has 3 nitrogen and oxygen atoms in total. The summed E-state index contributed by atoms with van der Waals surface area (Å²) in [7, 11) is 0.0308. The van der Waals surface area contributed by atoms with Crippen molar-refractivity contribution in [2.45, 2.75) is 42.8 Å². The van der Waals surface area contributed by atoms with Gasteiger partial charge in [-0.25, -0.2) is 0 Å². The van der Waals surface area contributed by atoms with Crippen molar-refractivity contribution in [2.24, 2.45) is 23.7 Å². The van der Waals surface area contributed by atoms with Gasteiger partial charge in [0.1, 0.15) is 0 Å². The molecule has 0 aromatic rings. The van der Waals surface area contributed by atoms with Crippen molar-refractivity contribution >= 4 is 37.7 Å². The normalized spacial score (nSPS) is 44.4. The van der Waals surface area contributed by atoms with Crippen LogP contribution in [0.1, 0.15) is 25.7 Å². The molecule has 140 valence electrons. The monoisotopic (exact) mass is 418 g/mol. The van der Waals surface area contributed by atoms with Gasteiger partial charge in [0.2, 0.25) is 0 Å². The van der Waals surface area contributed by atoms with Crippen molar-refractivity contribution < 1.29 is 13.3 Å². The Balaban J connectivity index is 1.75. The summed E-state index contributed by atoms with van der Waals surface area (Å²) in [5.74, 6) is 2.45. The Kier molecular flexibility index (Phi) is 4.64. The summed E-state index contributed by atoms with van der Waals surface area (Å²) >= 11 is 14.0. The SMILES string of the molecule is CO[Si](C)(Cl)C1CC2([Si](Cl)(OC)OC)CC1C=C2C1CC2C=CC1C2. The van der Waals surface area contributed by atoms with E-state index in [0.29, 0.717) is 23.3 Å². The predicted octanol–water partition coefficient (Wildman–Crippen LogP) is 5.09. The minimum atomic E-state index is -2.88. The van der Waals surface area contributed by atoms with Gasteiger partial charge in [-0.3, -0.25) is 0 Å². The summed E-state index contributed by atoms with van der Waals surface area (Å²) in [5, 5.41) is -0.169. The maximum absolute atomic E-state index is 7.10. The number of fused-ring (bicyclic) bond motifs is 4. The maximum atomic E-state index is 7.10. The number of halogens is 2. The second-order valence-electron chi connectivity index (χ2n) is 8.40. The summed E-state index contributed by atoms with van der Waals surface area (Å²) in [6, 6.07) is 0. The average Bonchev–Trinajstić information content (AvgIpc) is 3.38. The van der Waals surface area contributed by atoms with E-state index in [2.05, 4.69) is 24.8 Å². The van der Waals surface area contributed by atoms with Crippen LogP contribution in [0.15, 0.2) is 23.8 Å². The van der Waals surface area contributed by atoms with Gasteiger partial charge in [0, 0.05) is 21.3 Å². The summed E-state index contributed by atoms with van der Waals surface area (Å²) in [6.07, 6.45) is 11.8. The van der Waals surface area contributed by atoms with Crippen LogP contribution < -0.4 is 0 Å². The minimum Gasteiger partial charge on any atom is -0.406 e. The lowest BCUT2D eigenvalue weighted by Gasteiger charge is -2.44. The molecule has 7 atom stereocenters. The summed E-state index contributed by atoms with van der Waals surface area (Å²) < 4.78 is 17.6. The van der Waals surface area contributed by atoms with Crippen molar-refractivity contribution in [2.75, 3.05) is 21.3 Å². The van der Waals surface area contributed by atoms with Crippen molar-refractivity contribution in [3.63, 3.8) is 0 Å². The molecule has 0 N–H and O–H groups in total. The van der Waals surface area contributed by atoms with Crippen LogP contribution in [0.3, 0.4) is 0 Å². The molecule has 7 unspecified atom stereocenters. The van der Waals surface area contributed by atoms with Crippen LogP contribution in [-0.4, -0.2) is 36.8 Å². The fraction of sp³-hybridized carbons (Fsp3) is 0.778. The molecular formula is C18H28Cl2O3Si2. The first-order valence-corrected chi connectivity index (χ1v) is 15.6. The predicted molar refractivity (Wildman–Crippen MR) is 106 cm³/mol. The lowest BCUT2D eigenvalue weighted by atomic mass is 9.79. The van der Waals surface area contributed by atoms with Crippen molar-refractivity contribution in [1.82, 2.24) is 0 Å². The standard InChI is InChI=1S/C18H28Cl2O3Si2/c1-21-24(4,19)17-11-18(25(20,22-2)23-3)10-14(17)9-16(18)15-8-12-5-6-13(15)7-12/h5-6,9,12-15,17H,7-8,10-11H2,1-4H3. The first-order valence-electron chi connectivity index (χ1n) is 9.24. The number of hydrogen-bond donors (Lipinski definition) is 0. The lowest BCUT2D eigenvalue weighted by Crippen LogP contribution is -2.49. The Morgan fingerprint density at radius 3 is 2.24 bits per heavy atom. The second kappa shape index (κ2) is 6.19. The van der Waals surface area contributed by atoms with Gasteiger partial charge in [-0.05, 0) is 61.4 Å². The highest BCUT2D eigenvalue weighted by atomic mass is 35.6. The first-order chi connectivity index (χ1) is 11.8. The van der Waals surface area contributed by atoms with E-state index in [1.807, 2.05) is 0 Å². The smallest absolute Gasteiger partial charge is 0.406 e. The third-order valence-corrected chi connectivity index (χ3v) is 16.4. The van der Waals surface area contributed by atoms with E-state index in [0.717, 1.165) is 18.8 Å². The maximum Gasteiger partial charge on any atom is 0.453 e. The van der Waals surface area contributed by atoms with E-state index < -0.39 is 15.5 Å². The van der Waals surface area contributed by atoms with Gasteiger partial charge in [0.15, 0.2) is 0 Å². The molecule has 0 saturated heterocycles. The molecular weight excluding hydrogens is 391 g/mol. The molecule has 25 heavy (non-hydrogen) atoms. The quantitative estimate of drug-likeness (QED) is 0.341. The zero-order valence-corrected chi connectivity index (χ0v) is 18.9. The van der Waals surface area contributed by atoms with Gasteiger partial charge in [0.25, 0.3) is 7.63 Å². The average molecular weight is 419 g/mol.